The lowest BCUT2D eigenvalue weighted by molar-refractivity contribution is -0.149. The summed E-state index contributed by atoms with van der Waals surface area (Å²) in [5, 5.41) is 29.4. The number of nitrogens with two attached hydrogens (primary N) is 1. The Hall–Kier alpha value is -1.59. The van der Waals surface area contributed by atoms with E-state index in [9.17, 15) is 15.3 Å². The molecule has 108 valence electrons. The van der Waals surface area contributed by atoms with Gasteiger partial charge in [0.15, 0.2) is 16.3 Å². The van der Waals surface area contributed by atoms with Crippen molar-refractivity contribution in [1.82, 2.24) is 19.5 Å². The molecule has 0 amide bonds. The van der Waals surface area contributed by atoms with Crippen molar-refractivity contribution in [2.75, 3.05) is 18.9 Å². The summed E-state index contributed by atoms with van der Waals surface area (Å²) < 4.78 is 6.97. The number of nitrogens with one attached hydrogen (secondary N) is 1. The van der Waals surface area contributed by atoms with Crippen LogP contribution >= 0.6 is 12.2 Å². The fourth-order valence-corrected chi connectivity index (χ4v) is 2.60. The Bertz CT molecular complexity index is 715. The average Bonchev–Trinajstić information content (AvgIpc) is 2.94. The van der Waals surface area contributed by atoms with Crippen molar-refractivity contribution in [2.45, 2.75) is 17.9 Å². The number of aromatic amines is 1. The monoisotopic (exact) mass is 299 g/mol. The number of aromatic nitrogens is 4. The molecule has 3 rings (SSSR count). The Morgan fingerprint density at radius 1 is 1.60 bits per heavy atom. The van der Waals surface area contributed by atoms with Gasteiger partial charge in [-0.25, -0.2) is 9.97 Å². The van der Waals surface area contributed by atoms with E-state index in [2.05, 4.69) is 15.0 Å². The Morgan fingerprint density at radius 2 is 2.35 bits per heavy atom. The molecule has 1 aliphatic heterocycles. The summed E-state index contributed by atoms with van der Waals surface area (Å²) in [6, 6.07) is 0. The third kappa shape index (κ3) is 1.66. The second-order valence-corrected chi connectivity index (χ2v) is 4.95. The van der Waals surface area contributed by atoms with Gasteiger partial charge in [-0.2, -0.15) is 0 Å². The molecule has 1 saturated heterocycles. The number of nitrogen functional groups attached to an aromatic ring is 1. The number of rotatable bonds is 2. The lowest BCUT2D eigenvalue weighted by atomic mass is 10.1. The Kier molecular flexibility index (Phi) is 2.99. The predicted octanol–water partition coefficient (Wildman–Crippen LogP) is -1.53. The van der Waals surface area contributed by atoms with Crippen LogP contribution in [0.1, 0.15) is 0 Å². The molecule has 20 heavy (non-hydrogen) atoms. The molecule has 9 nitrogen and oxygen atoms in total. The molecule has 0 saturated carbocycles. The standard InChI is InChI=1S/C10H13N5O4S/c11-9-13-7-5(8(20)14-9)12-3-15(7)10(2-16)6(18)4(17)1-19-10/h3-4,6,16-18H,1-2H2,(H3,11,13,14,20)/t4-,6-,10-/m0/s1. The summed E-state index contributed by atoms with van der Waals surface area (Å²) in [5.41, 5.74) is 4.78. The number of nitrogens with zero attached hydrogens (tertiary/aromatic N) is 3. The van der Waals surface area contributed by atoms with Gasteiger partial charge in [0.05, 0.1) is 19.5 Å². The minimum Gasteiger partial charge on any atom is -0.391 e. The van der Waals surface area contributed by atoms with Gasteiger partial charge in [-0.1, -0.05) is 12.2 Å². The van der Waals surface area contributed by atoms with Gasteiger partial charge in [-0.3, -0.25) is 4.57 Å². The number of anilines is 1. The van der Waals surface area contributed by atoms with E-state index in [0.29, 0.717) is 11.2 Å². The van der Waals surface area contributed by atoms with Crippen LogP contribution in [0.5, 0.6) is 0 Å². The van der Waals surface area contributed by atoms with E-state index in [0.717, 1.165) is 0 Å². The highest BCUT2D eigenvalue weighted by Gasteiger charge is 2.51. The number of aliphatic hydroxyl groups is 3. The van der Waals surface area contributed by atoms with Gasteiger partial charge in [0.25, 0.3) is 0 Å². The Balaban J connectivity index is 2.26. The van der Waals surface area contributed by atoms with Crippen LogP contribution in [0.15, 0.2) is 6.33 Å². The number of hydrogen-bond donors (Lipinski definition) is 5. The van der Waals surface area contributed by atoms with Gasteiger partial charge in [-0.15, -0.1) is 0 Å². The number of H-pyrrole nitrogens is 1. The van der Waals surface area contributed by atoms with Gasteiger partial charge in [0.2, 0.25) is 0 Å². The number of imidazole rings is 1. The van der Waals surface area contributed by atoms with Crippen LogP contribution in [0.25, 0.3) is 11.2 Å². The fraction of sp³-hybridized carbons (Fsp3) is 0.500. The van der Waals surface area contributed by atoms with Gasteiger partial charge < -0.3 is 30.8 Å². The zero-order valence-electron chi connectivity index (χ0n) is 10.2. The third-order valence-corrected chi connectivity index (χ3v) is 3.69. The molecule has 6 N–H and O–H groups in total. The maximum absolute atomic E-state index is 10.1. The SMILES string of the molecule is Nc1nc(=S)c2ncn([C@@]3(CO)OC[C@H](O)[C@@H]3O)c2[nH]1. The molecular formula is C10H13N5O4S. The zero-order chi connectivity index (χ0) is 14.5. The van der Waals surface area contributed by atoms with Crippen molar-refractivity contribution in [3.63, 3.8) is 0 Å². The molecular weight excluding hydrogens is 286 g/mol. The van der Waals surface area contributed by atoms with Crippen molar-refractivity contribution >= 4 is 29.3 Å². The van der Waals surface area contributed by atoms with Crippen molar-refractivity contribution < 1.29 is 20.1 Å². The summed E-state index contributed by atoms with van der Waals surface area (Å²) in [7, 11) is 0. The first-order valence-corrected chi connectivity index (χ1v) is 6.24. The van der Waals surface area contributed by atoms with E-state index in [1.165, 1.54) is 10.9 Å². The molecule has 0 unspecified atom stereocenters. The maximum Gasteiger partial charge on any atom is 0.200 e. The highest BCUT2D eigenvalue weighted by atomic mass is 32.1. The molecule has 3 atom stereocenters. The van der Waals surface area contributed by atoms with Crippen LogP contribution in [0, 0.1) is 4.64 Å². The van der Waals surface area contributed by atoms with Crippen LogP contribution in [-0.2, 0) is 10.5 Å². The highest BCUT2D eigenvalue weighted by Crippen LogP contribution is 2.33. The van der Waals surface area contributed by atoms with E-state index in [-0.39, 0.29) is 17.2 Å². The van der Waals surface area contributed by atoms with E-state index in [1.807, 2.05) is 0 Å². The molecule has 0 bridgehead atoms. The first kappa shape index (κ1) is 13.4. The zero-order valence-corrected chi connectivity index (χ0v) is 11.0. The van der Waals surface area contributed by atoms with Crippen molar-refractivity contribution in [3.8, 4) is 0 Å². The summed E-state index contributed by atoms with van der Waals surface area (Å²) in [4.78, 5) is 10.7. The minimum absolute atomic E-state index is 0.0744. The molecule has 2 aromatic heterocycles. The molecule has 0 aliphatic carbocycles. The second kappa shape index (κ2) is 4.46. The van der Waals surface area contributed by atoms with Crippen LogP contribution in [-0.4, -0.2) is 60.3 Å². The largest absolute Gasteiger partial charge is 0.391 e. The van der Waals surface area contributed by atoms with Crippen LogP contribution in [0.3, 0.4) is 0 Å². The van der Waals surface area contributed by atoms with Gasteiger partial charge in [0, 0.05) is 0 Å². The summed E-state index contributed by atoms with van der Waals surface area (Å²) in [5.74, 6) is 0.0744. The normalized spacial score (nSPS) is 30.1. The van der Waals surface area contributed by atoms with Crippen molar-refractivity contribution in [2.24, 2.45) is 0 Å². The first-order valence-electron chi connectivity index (χ1n) is 5.84. The quantitative estimate of drug-likeness (QED) is 0.420. The topological polar surface area (TPSA) is 142 Å². The minimum atomic E-state index is -1.54. The Morgan fingerprint density at radius 3 is 2.95 bits per heavy atom. The summed E-state index contributed by atoms with van der Waals surface area (Å²) in [6.07, 6.45) is -1.08. The third-order valence-electron chi connectivity index (χ3n) is 3.40. The second-order valence-electron chi connectivity index (χ2n) is 4.57. The number of hydrogen-bond acceptors (Lipinski definition) is 8. The van der Waals surface area contributed by atoms with E-state index >= 15 is 0 Å². The van der Waals surface area contributed by atoms with Crippen molar-refractivity contribution in [3.05, 3.63) is 11.0 Å². The van der Waals surface area contributed by atoms with Gasteiger partial charge >= 0.3 is 0 Å². The van der Waals surface area contributed by atoms with Crippen LogP contribution in [0.4, 0.5) is 5.95 Å². The predicted molar refractivity (Wildman–Crippen MR) is 70.2 cm³/mol. The van der Waals surface area contributed by atoms with E-state index in [1.54, 1.807) is 0 Å². The molecule has 0 radical (unpaired) electrons. The van der Waals surface area contributed by atoms with Gasteiger partial charge in [-0.05, 0) is 0 Å². The first-order chi connectivity index (χ1) is 9.49. The molecule has 1 aliphatic rings. The van der Waals surface area contributed by atoms with Crippen LogP contribution in [0.2, 0.25) is 0 Å². The molecule has 1 fully saturated rings. The number of ether oxygens (including phenoxy) is 1. The molecule has 10 heteroatoms. The van der Waals surface area contributed by atoms with E-state index in [4.69, 9.17) is 22.7 Å². The number of fused-ring (bicyclic) bond motifs is 1. The van der Waals surface area contributed by atoms with Crippen molar-refractivity contribution in [1.29, 1.82) is 0 Å². The molecule has 0 spiro atoms. The lowest BCUT2D eigenvalue weighted by Gasteiger charge is -2.31. The molecule has 3 heterocycles. The van der Waals surface area contributed by atoms with Crippen LogP contribution < -0.4 is 5.73 Å². The maximum atomic E-state index is 10.1. The Labute approximate surface area is 117 Å². The fourth-order valence-electron chi connectivity index (χ4n) is 2.36. The molecule has 2 aromatic rings. The smallest absolute Gasteiger partial charge is 0.200 e. The average molecular weight is 299 g/mol. The van der Waals surface area contributed by atoms with E-state index < -0.39 is 24.5 Å². The number of aliphatic hydroxyl groups excluding tert-OH is 3. The van der Waals surface area contributed by atoms with Gasteiger partial charge in [0.1, 0.15) is 23.4 Å². The summed E-state index contributed by atoms with van der Waals surface area (Å²) >= 11 is 5.05. The lowest BCUT2D eigenvalue weighted by Crippen LogP contribution is -2.48. The summed E-state index contributed by atoms with van der Waals surface area (Å²) in [6.45, 7) is -0.664. The highest BCUT2D eigenvalue weighted by molar-refractivity contribution is 7.71. The molecule has 0 aromatic carbocycles.